The zero-order chi connectivity index (χ0) is 17.5. The molecule has 0 radical (unpaired) electrons. The first-order valence-corrected chi connectivity index (χ1v) is 8.32. The van der Waals surface area contributed by atoms with Gasteiger partial charge >= 0.3 is 0 Å². The lowest BCUT2D eigenvalue weighted by molar-refractivity contribution is -0.117. The number of benzene rings is 2. The Balaban J connectivity index is 2.00. The standard InChI is InChI=1S/C18H15BrClN3O/c1-12-2-7-17(16(19)8-12)22-11-14(9-21)18(24)23-10-13-3-5-15(20)6-4-13/h2-8,11,22H,10H2,1H3,(H,23,24)/b14-11-. The number of hydrogen-bond acceptors (Lipinski definition) is 3. The van der Waals surface area contributed by atoms with Gasteiger partial charge in [0.2, 0.25) is 0 Å². The van der Waals surface area contributed by atoms with Gasteiger partial charge in [-0.3, -0.25) is 4.79 Å². The minimum Gasteiger partial charge on any atom is -0.359 e. The maximum absolute atomic E-state index is 12.1. The van der Waals surface area contributed by atoms with Crippen molar-refractivity contribution in [3.05, 3.63) is 74.9 Å². The third-order valence-corrected chi connectivity index (χ3v) is 4.14. The van der Waals surface area contributed by atoms with Crippen LogP contribution in [0.4, 0.5) is 5.69 Å². The van der Waals surface area contributed by atoms with Gasteiger partial charge in [0.15, 0.2) is 0 Å². The van der Waals surface area contributed by atoms with Crippen molar-refractivity contribution in [3.8, 4) is 6.07 Å². The smallest absolute Gasteiger partial charge is 0.263 e. The van der Waals surface area contributed by atoms with Crippen LogP contribution in [-0.4, -0.2) is 5.91 Å². The molecule has 0 aliphatic carbocycles. The number of hydrogen-bond donors (Lipinski definition) is 2. The summed E-state index contributed by atoms with van der Waals surface area (Å²) < 4.78 is 0.859. The van der Waals surface area contributed by atoms with E-state index >= 15 is 0 Å². The SMILES string of the molecule is Cc1ccc(N/C=C(/C#N)C(=O)NCc2ccc(Cl)cc2)c(Br)c1. The molecule has 1 amide bonds. The summed E-state index contributed by atoms with van der Waals surface area (Å²) in [5.74, 6) is -0.441. The summed E-state index contributed by atoms with van der Waals surface area (Å²) in [4.78, 5) is 12.1. The molecule has 2 aromatic carbocycles. The summed E-state index contributed by atoms with van der Waals surface area (Å²) in [6.07, 6.45) is 1.40. The third kappa shape index (κ3) is 5.12. The number of carbonyl (C=O) groups excluding carboxylic acids is 1. The molecule has 2 rings (SSSR count). The normalized spacial score (nSPS) is 10.8. The molecule has 0 saturated heterocycles. The van der Waals surface area contributed by atoms with Gasteiger partial charge in [0.25, 0.3) is 5.91 Å². The van der Waals surface area contributed by atoms with Crippen LogP contribution in [0.15, 0.2) is 58.7 Å². The van der Waals surface area contributed by atoms with E-state index < -0.39 is 5.91 Å². The number of nitrogens with zero attached hydrogens (tertiary/aromatic N) is 1. The Morgan fingerprint density at radius 3 is 2.62 bits per heavy atom. The van der Waals surface area contributed by atoms with Crippen LogP contribution in [0.3, 0.4) is 0 Å². The van der Waals surface area contributed by atoms with Crippen LogP contribution in [-0.2, 0) is 11.3 Å². The molecule has 0 bridgehead atoms. The fourth-order valence-electron chi connectivity index (χ4n) is 1.92. The summed E-state index contributed by atoms with van der Waals surface area (Å²) in [7, 11) is 0. The predicted octanol–water partition coefficient (Wildman–Crippen LogP) is 4.55. The molecule has 0 heterocycles. The molecular weight excluding hydrogens is 390 g/mol. The number of amides is 1. The van der Waals surface area contributed by atoms with E-state index in [1.54, 1.807) is 12.1 Å². The van der Waals surface area contributed by atoms with E-state index in [4.69, 9.17) is 11.6 Å². The second kappa shape index (κ2) is 8.53. The monoisotopic (exact) mass is 403 g/mol. The molecule has 2 aromatic rings. The highest BCUT2D eigenvalue weighted by Gasteiger charge is 2.09. The zero-order valence-electron chi connectivity index (χ0n) is 12.9. The molecule has 4 nitrogen and oxygen atoms in total. The summed E-state index contributed by atoms with van der Waals surface area (Å²) in [6.45, 7) is 2.30. The molecule has 0 atom stereocenters. The Kier molecular flexibility index (Phi) is 6.42. The number of carbonyl (C=O) groups is 1. The molecule has 0 unspecified atom stereocenters. The van der Waals surface area contributed by atoms with Gasteiger partial charge in [0.05, 0.1) is 5.69 Å². The maximum Gasteiger partial charge on any atom is 0.263 e. The van der Waals surface area contributed by atoms with Gasteiger partial charge in [-0.05, 0) is 58.2 Å². The van der Waals surface area contributed by atoms with Gasteiger partial charge < -0.3 is 10.6 Å². The molecule has 24 heavy (non-hydrogen) atoms. The first-order chi connectivity index (χ1) is 11.5. The van der Waals surface area contributed by atoms with E-state index in [2.05, 4.69) is 26.6 Å². The lowest BCUT2D eigenvalue weighted by atomic mass is 10.2. The average Bonchev–Trinajstić information content (AvgIpc) is 2.56. The van der Waals surface area contributed by atoms with E-state index in [1.165, 1.54) is 6.20 Å². The van der Waals surface area contributed by atoms with E-state index in [9.17, 15) is 10.1 Å². The Hall–Kier alpha value is -2.29. The van der Waals surface area contributed by atoms with Crippen molar-refractivity contribution < 1.29 is 4.79 Å². The zero-order valence-corrected chi connectivity index (χ0v) is 15.3. The van der Waals surface area contributed by atoms with Crippen LogP contribution >= 0.6 is 27.5 Å². The van der Waals surface area contributed by atoms with Crippen molar-refractivity contribution in [1.29, 1.82) is 5.26 Å². The van der Waals surface area contributed by atoms with Crippen molar-refractivity contribution in [2.24, 2.45) is 0 Å². The van der Waals surface area contributed by atoms with Crippen LogP contribution in [0.5, 0.6) is 0 Å². The van der Waals surface area contributed by atoms with Crippen molar-refractivity contribution in [3.63, 3.8) is 0 Å². The lowest BCUT2D eigenvalue weighted by Gasteiger charge is -2.07. The Bertz CT molecular complexity index is 810. The first kappa shape index (κ1) is 18.1. The highest BCUT2D eigenvalue weighted by molar-refractivity contribution is 9.10. The Labute approximate surface area is 154 Å². The van der Waals surface area contributed by atoms with Gasteiger partial charge in [-0.2, -0.15) is 5.26 Å². The summed E-state index contributed by atoms with van der Waals surface area (Å²) in [5, 5.41) is 15.5. The molecule has 0 fully saturated rings. The van der Waals surface area contributed by atoms with Gasteiger partial charge in [-0.1, -0.05) is 29.8 Å². The second-order valence-electron chi connectivity index (χ2n) is 5.11. The van der Waals surface area contributed by atoms with E-state index in [0.29, 0.717) is 11.6 Å². The molecule has 0 saturated carbocycles. The number of nitriles is 1. The Morgan fingerprint density at radius 2 is 2.00 bits per heavy atom. The summed E-state index contributed by atoms with van der Waals surface area (Å²) in [5.41, 5.74) is 2.78. The number of halogens is 2. The molecule has 0 aromatic heterocycles. The lowest BCUT2D eigenvalue weighted by Crippen LogP contribution is -2.24. The number of nitrogens with one attached hydrogen (secondary N) is 2. The van der Waals surface area contributed by atoms with Gasteiger partial charge in [-0.15, -0.1) is 0 Å². The fraction of sp³-hybridized carbons (Fsp3) is 0.111. The van der Waals surface area contributed by atoms with Gasteiger partial charge in [0, 0.05) is 22.2 Å². The van der Waals surface area contributed by atoms with E-state index in [-0.39, 0.29) is 5.57 Å². The number of aryl methyl sites for hydroxylation is 1. The van der Waals surface area contributed by atoms with Crippen LogP contribution in [0, 0.1) is 18.3 Å². The van der Waals surface area contributed by atoms with E-state index in [1.807, 2.05) is 43.3 Å². The van der Waals surface area contributed by atoms with Crippen molar-refractivity contribution in [1.82, 2.24) is 5.32 Å². The number of anilines is 1. The number of rotatable bonds is 5. The maximum atomic E-state index is 12.1. The summed E-state index contributed by atoms with van der Waals surface area (Å²) in [6, 6.07) is 14.8. The topological polar surface area (TPSA) is 64.9 Å². The molecule has 0 aliphatic rings. The minimum atomic E-state index is -0.441. The third-order valence-electron chi connectivity index (χ3n) is 3.23. The largest absolute Gasteiger partial charge is 0.359 e. The minimum absolute atomic E-state index is 0.00330. The van der Waals surface area contributed by atoms with E-state index in [0.717, 1.165) is 21.3 Å². The quantitative estimate of drug-likeness (QED) is 0.568. The Morgan fingerprint density at radius 1 is 1.29 bits per heavy atom. The highest BCUT2D eigenvalue weighted by Crippen LogP contribution is 2.23. The molecular formula is C18H15BrClN3O. The van der Waals surface area contributed by atoms with Crippen LogP contribution in [0.2, 0.25) is 5.02 Å². The average molecular weight is 405 g/mol. The molecule has 0 aliphatic heterocycles. The van der Waals surface area contributed by atoms with Crippen molar-refractivity contribution >= 4 is 39.1 Å². The highest BCUT2D eigenvalue weighted by atomic mass is 79.9. The van der Waals surface area contributed by atoms with Gasteiger partial charge in [0.1, 0.15) is 11.6 Å². The van der Waals surface area contributed by atoms with Crippen molar-refractivity contribution in [2.45, 2.75) is 13.5 Å². The molecule has 2 N–H and O–H groups in total. The van der Waals surface area contributed by atoms with Crippen LogP contribution in [0.25, 0.3) is 0 Å². The van der Waals surface area contributed by atoms with Gasteiger partial charge in [-0.25, -0.2) is 0 Å². The fourth-order valence-corrected chi connectivity index (χ4v) is 2.65. The molecule has 6 heteroatoms. The molecule has 122 valence electrons. The van der Waals surface area contributed by atoms with Crippen molar-refractivity contribution in [2.75, 3.05) is 5.32 Å². The van der Waals surface area contributed by atoms with Crippen LogP contribution < -0.4 is 10.6 Å². The predicted molar refractivity (Wildman–Crippen MR) is 99.5 cm³/mol. The van der Waals surface area contributed by atoms with Crippen LogP contribution in [0.1, 0.15) is 11.1 Å². The second-order valence-corrected chi connectivity index (χ2v) is 6.40. The summed E-state index contributed by atoms with van der Waals surface area (Å²) >= 11 is 9.25. The first-order valence-electron chi connectivity index (χ1n) is 7.15. The molecule has 0 spiro atoms.